The Morgan fingerprint density at radius 1 is 1.67 bits per heavy atom. The first-order chi connectivity index (χ1) is 7.06. The van der Waals surface area contributed by atoms with Gasteiger partial charge < -0.3 is 0 Å². The molecule has 0 bridgehead atoms. The van der Waals surface area contributed by atoms with Crippen LogP contribution in [-0.2, 0) is 10.0 Å². The molecule has 0 aliphatic heterocycles. The van der Waals surface area contributed by atoms with Crippen molar-refractivity contribution < 1.29 is 8.42 Å². The number of nitrogens with zero attached hydrogens (tertiary/aromatic N) is 2. The Morgan fingerprint density at radius 2 is 2.40 bits per heavy atom. The van der Waals surface area contributed by atoms with E-state index in [-0.39, 0.29) is 17.4 Å². The number of aromatic nitrogens is 1. The van der Waals surface area contributed by atoms with Crippen molar-refractivity contribution in [1.82, 2.24) is 9.71 Å². The van der Waals surface area contributed by atoms with Crippen LogP contribution in [0.4, 0.5) is 0 Å². The van der Waals surface area contributed by atoms with Gasteiger partial charge in [0, 0.05) is 18.9 Å². The van der Waals surface area contributed by atoms with E-state index in [9.17, 15) is 8.42 Å². The molecule has 0 spiro atoms. The van der Waals surface area contributed by atoms with E-state index in [1.807, 2.05) is 6.07 Å². The molecule has 15 heavy (non-hydrogen) atoms. The second-order valence-corrected chi connectivity index (χ2v) is 4.84. The van der Waals surface area contributed by atoms with Gasteiger partial charge in [0.05, 0.1) is 12.0 Å². The average molecular weight is 225 g/mol. The Hall–Kier alpha value is -1.45. The molecule has 0 saturated carbocycles. The summed E-state index contributed by atoms with van der Waals surface area (Å²) in [5.74, 6) is -0.351. The molecule has 0 amide bonds. The fourth-order valence-electron chi connectivity index (χ4n) is 0.870. The molecule has 0 fully saturated rings. The summed E-state index contributed by atoms with van der Waals surface area (Å²) < 4.78 is 25.5. The van der Waals surface area contributed by atoms with E-state index in [1.54, 1.807) is 13.0 Å². The molecular weight excluding hydrogens is 214 g/mol. The van der Waals surface area contributed by atoms with Gasteiger partial charge in [0.15, 0.2) is 0 Å². The molecule has 0 aliphatic rings. The molecule has 1 aromatic rings. The van der Waals surface area contributed by atoms with Gasteiger partial charge in [0.1, 0.15) is 4.90 Å². The normalized spacial score (nSPS) is 13.1. The Kier molecular flexibility index (Phi) is 3.77. The second-order valence-electron chi connectivity index (χ2n) is 3.07. The third kappa shape index (κ3) is 3.31. The predicted molar refractivity (Wildman–Crippen MR) is 54.2 cm³/mol. The van der Waals surface area contributed by atoms with Crippen molar-refractivity contribution in [2.75, 3.05) is 6.54 Å². The molecule has 1 N–H and O–H groups in total. The van der Waals surface area contributed by atoms with Gasteiger partial charge in [-0.05, 0) is 19.1 Å². The quantitative estimate of drug-likeness (QED) is 0.809. The SMILES string of the molecule is CC(C#N)CNS(=O)(=O)c1cccnc1. The minimum absolute atomic E-state index is 0.105. The van der Waals surface area contributed by atoms with E-state index >= 15 is 0 Å². The third-order valence-corrected chi connectivity index (χ3v) is 3.15. The van der Waals surface area contributed by atoms with Crippen LogP contribution < -0.4 is 4.72 Å². The van der Waals surface area contributed by atoms with E-state index in [0.717, 1.165) is 0 Å². The summed E-state index contributed by atoms with van der Waals surface area (Å²) in [5.41, 5.74) is 0. The smallest absolute Gasteiger partial charge is 0.242 e. The zero-order valence-corrected chi connectivity index (χ0v) is 9.03. The molecule has 1 aromatic heterocycles. The van der Waals surface area contributed by atoms with Gasteiger partial charge in [-0.15, -0.1) is 0 Å². The van der Waals surface area contributed by atoms with Crippen LogP contribution in [0.3, 0.4) is 0 Å². The van der Waals surface area contributed by atoms with Gasteiger partial charge in [-0.3, -0.25) is 4.98 Å². The van der Waals surface area contributed by atoms with Crippen molar-refractivity contribution in [3.63, 3.8) is 0 Å². The van der Waals surface area contributed by atoms with Crippen LogP contribution in [0.15, 0.2) is 29.4 Å². The van der Waals surface area contributed by atoms with Gasteiger partial charge in [0.25, 0.3) is 0 Å². The number of pyridine rings is 1. The average Bonchev–Trinajstić information content (AvgIpc) is 2.27. The molecule has 0 radical (unpaired) electrons. The number of sulfonamides is 1. The topological polar surface area (TPSA) is 82.9 Å². The number of hydrogen-bond acceptors (Lipinski definition) is 4. The largest absolute Gasteiger partial charge is 0.263 e. The van der Waals surface area contributed by atoms with E-state index < -0.39 is 10.0 Å². The fourth-order valence-corrected chi connectivity index (χ4v) is 1.96. The predicted octanol–water partition coefficient (Wildman–Crippen LogP) is 0.520. The lowest BCUT2D eigenvalue weighted by atomic mass is 10.2. The number of hydrogen-bond donors (Lipinski definition) is 1. The van der Waals surface area contributed by atoms with Crippen LogP contribution in [0, 0.1) is 17.2 Å². The molecular formula is C9H11N3O2S. The lowest BCUT2D eigenvalue weighted by molar-refractivity contribution is 0.572. The van der Waals surface area contributed by atoms with E-state index in [1.165, 1.54) is 18.5 Å². The summed E-state index contributed by atoms with van der Waals surface area (Å²) in [6, 6.07) is 4.94. The zero-order valence-electron chi connectivity index (χ0n) is 8.21. The van der Waals surface area contributed by atoms with Crippen molar-refractivity contribution in [2.24, 2.45) is 5.92 Å². The van der Waals surface area contributed by atoms with Gasteiger partial charge in [-0.25, -0.2) is 13.1 Å². The minimum Gasteiger partial charge on any atom is -0.263 e. The van der Waals surface area contributed by atoms with Crippen LogP contribution in [0.25, 0.3) is 0 Å². The summed E-state index contributed by atoms with van der Waals surface area (Å²) in [4.78, 5) is 3.82. The van der Waals surface area contributed by atoms with E-state index in [2.05, 4.69) is 9.71 Å². The first kappa shape index (κ1) is 11.6. The maximum atomic E-state index is 11.6. The summed E-state index contributed by atoms with van der Waals surface area (Å²) in [7, 11) is -3.53. The highest BCUT2D eigenvalue weighted by Gasteiger charge is 2.14. The highest BCUT2D eigenvalue weighted by atomic mass is 32.2. The molecule has 0 aromatic carbocycles. The van der Waals surface area contributed by atoms with Crippen molar-refractivity contribution in [3.05, 3.63) is 24.5 Å². The van der Waals surface area contributed by atoms with Gasteiger partial charge in [0.2, 0.25) is 10.0 Å². The molecule has 0 saturated heterocycles. The minimum atomic E-state index is -3.53. The van der Waals surface area contributed by atoms with Gasteiger partial charge >= 0.3 is 0 Å². The molecule has 0 aliphatic carbocycles. The first-order valence-corrected chi connectivity index (χ1v) is 5.84. The Balaban J connectivity index is 2.74. The molecule has 1 rings (SSSR count). The highest BCUT2D eigenvalue weighted by molar-refractivity contribution is 7.89. The second kappa shape index (κ2) is 4.87. The van der Waals surface area contributed by atoms with E-state index in [4.69, 9.17) is 5.26 Å². The lowest BCUT2D eigenvalue weighted by Crippen LogP contribution is -2.28. The summed E-state index contributed by atoms with van der Waals surface area (Å²) >= 11 is 0. The lowest BCUT2D eigenvalue weighted by Gasteiger charge is -2.06. The van der Waals surface area contributed by atoms with Crippen molar-refractivity contribution in [3.8, 4) is 6.07 Å². The van der Waals surface area contributed by atoms with Crippen LogP contribution in [-0.4, -0.2) is 19.9 Å². The Bertz CT molecular complexity index is 450. The van der Waals surface area contributed by atoms with Crippen LogP contribution in [0.2, 0.25) is 0 Å². The van der Waals surface area contributed by atoms with Crippen LogP contribution >= 0.6 is 0 Å². The molecule has 80 valence electrons. The highest BCUT2D eigenvalue weighted by Crippen LogP contribution is 2.05. The first-order valence-electron chi connectivity index (χ1n) is 4.35. The number of nitrogens with one attached hydrogen (secondary N) is 1. The maximum Gasteiger partial charge on any atom is 0.242 e. The standard InChI is InChI=1S/C9H11N3O2S/c1-8(5-10)6-12-15(13,14)9-3-2-4-11-7-9/h2-4,7-8,12H,6H2,1H3. The monoisotopic (exact) mass is 225 g/mol. The van der Waals surface area contributed by atoms with Crippen molar-refractivity contribution in [2.45, 2.75) is 11.8 Å². The third-order valence-electron chi connectivity index (χ3n) is 1.74. The van der Waals surface area contributed by atoms with Gasteiger partial charge in [-0.2, -0.15) is 5.26 Å². The molecule has 6 heteroatoms. The molecule has 1 unspecified atom stereocenters. The zero-order chi connectivity index (χ0) is 11.3. The molecule has 5 nitrogen and oxygen atoms in total. The van der Waals surface area contributed by atoms with Crippen LogP contribution in [0.1, 0.15) is 6.92 Å². The summed E-state index contributed by atoms with van der Waals surface area (Å²) in [6.07, 6.45) is 2.76. The van der Waals surface area contributed by atoms with Crippen molar-refractivity contribution in [1.29, 1.82) is 5.26 Å². The van der Waals surface area contributed by atoms with E-state index in [0.29, 0.717) is 0 Å². The van der Waals surface area contributed by atoms with Gasteiger partial charge in [-0.1, -0.05) is 0 Å². The fraction of sp³-hybridized carbons (Fsp3) is 0.333. The molecule has 1 heterocycles. The Morgan fingerprint density at radius 3 is 2.93 bits per heavy atom. The molecule has 1 atom stereocenters. The summed E-state index contributed by atoms with van der Waals surface area (Å²) in [6.45, 7) is 1.75. The van der Waals surface area contributed by atoms with Crippen LogP contribution in [0.5, 0.6) is 0 Å². The maximum absolute atomic E-state index is 11.6. The van der Waals surface area contributed by atoms with Crippen molar-refractivity contribution >= 4 is 10.0 Å². The summed E-state index contributed by atoms with van der Waals surface area (Å²) in [5, 5.41) is 8.51. The number of nitriles is 1. The Labute approximate surface area is 88.8 Å². The number of rotatable bonds is 4.